The molecule has 1 N–H and O–H groups in total. The summed E-state index contributed by atoms with van der Waals surface area (Å²) in [6.45, 7) is 1.66. The molecule has 0 saturated heterocycles. The molecule has 0 radical (unpaired) electrons. The summed E-state index contributed by atoms with van der Waals surface area (Å²) in [5, 5.41) is 8.26. The lowest BCUT2D eigenvalue weighted by Gasteiger charge is -1.96. The summed E-state index contributed by atoms with van der Waals surface area (Å²) in [4.78, 5) is 10.2. The van der Waals surface area contributed by atoms with Crippen LogP contribution in [0.3, 0.4) is 0 Å². The van der Waals surface area contributed by atoms with Crippen LogP contribution in [-0.2, 0) is 4.79 Å². The van der Waals surface area contributed by atoms with Gasteiger partial charge in [0.1, 0.15) is 0 Å². The van der Waals surface area contributed by atoms with Crippen LogP contribution in [0.4, 0.5) is 0 Å². The maximum atomic E-state index is 10.2. The third kappa shape index (κ3) is 0.599. The molecule has 1 aliphatic carbocycles. The Morgan fingerprint density at radius 3 is 2.38 bits per heavy atom. The average molecular weight is 135 g/mol. The van der Waals surface area contributed by atoms with Crippen molar-refractivity contribution < 1.29 is 9.90 Å². The second-order valence-electron chi connectivity index (χ2n) is 2.39. The minimum atomic E-state index is -0.780. The number of carboxylic acids is 1. The number of alkyl halides is 1. The summed E-state index contributed by atoms with van der Waals surface area (Å²) < 4.78 is 0. The first-order valence-electron chi connectivity index (χ1n) is 2.45. The SMILES string of the molecule is C[C@@]1(C(=O)O)C[C@H]1Cl. The molecule has 0 aromatic carbocycles. The van der Waals surface area contributed by atoms with Gasteiger partial charge in [0, 0.05) is 0 Å². The number of hydrogen-bond donors (Lipinski definition) is 1. The monoisotopic (exact) mass is 134 g/mol. The maximum Gasteiger partial charge on any atom is 0.310 e. The van der Waals surface area contributed by atoms with Crippen molar-refractivity contribution in [2.24, 2.45) is 5.41 Å². The number of halogens is 1. The zero-order valence-corrected chi connectivity index (χ0v) is 5.27. The van der Waals surface area contributed by atoms with Crippen LogP contribution in [0, 0.1) is 5.41 Å². The molecule has 0 amide bonds. The normalized spacial score (nSPS) is 44.0. The van der Waals surface area contributed by atoms with E-state index < -0.39 is 11.4 Å². The summed E-state index contributed by atoms with van der Waals surface area (Å²) in [5.41, 5.74) is -0.610. The third-order valence-electron chi connectivity index (χ3n) is 1.62. The molecule has 1 rings (SSSR count). The van der Waals surface area contributed by atoms with Crippen LogP contribution in [0.2, 0.25) is 0 Å². The Morgan fingerprint density at radius 2 is 2.38 bits per heavy atom. The number of carbonyl (C=O) groups is 1. The van der Waals surface area contributed by atoms with E-state index in [-0.39, 0.29) is 5.38 Å². The van der Waals surface area contributed by atoms with E-state index in [2.05, 4.69) is 0 Å². The second kappa shape index (κ2) is 1.38. The van der Waals surface area contributed by atoms with E-state index in [9.17, 15) is 4.79 Å². The Bertz CT molecular complexity index is 134. The summed E-state index contributed by atoms with van der Waals surface area (Å²) in [6.07, 6.45) is 0.615. The number of rotatable bonds is 1. The highest BCUT2D eigenvalue weighted by Crippen LogP contribution is 2.49. The molecule has 0 aromatic rings. The van der Waals surface area contributed by atoms with E-state index in [4.69, 9.17) is 16.7 Å². The van der Waals surface area contributed by atoms with Gasteiger partial charge in [0.25, 0.3) is 0 Å². The zero-order chi connectivity index (χ0) is 6.36. The molecule has 0 unspecified atom stereocenters. The molecule has 46 valence electrons. The van der Waals surface area contributed by atoms with Crippen molar-refractivity contribution in [1.29, 1.82) is 0 Å². The van der Waals surface area contributed by atoms with Crippen LogP contribution >= 0.6 is 11.6 Å². The van der Waals surface area contributed by atoms with Gasteiger partial charge in [-0.25, -0.2) is 0 Å². The first-order chi connectivity index (χ1) is 3.57. The Hall–Kier alpha value is -0.240. The van der Waals surface area contributed by atoms with E-state index in [0.717, 1.165) is 0 Å². The van der Waals surface area contributed by atoms with Crippen LogP contribution in [0.25, 0.3) is 0 Å². The topological polar surface area (TPSA) is 37.3 Å². The van der Waals surface area contributed by atoms with Crippen LogP contribution in [0.1, 0.15) is 13.3 Å². The minimum Gasteiger partial charge on any atom is -0.481 e. The van der Waals surface area contributed by atoms with Gasteiger partial charge in [0.15, 0.2) is 0 Å². The highest BCUT2D eigenvalue weighted by Gasteiger charge is 2.55. The van der Waals surface area contributed by atoms with Crippen LogP contribution in [0.15, 0.2) is 0 Å². The maximum absolute atomic E-state index is 10.2. The lowest BCUT2D eigenvalue weighted by molar-refractivity contribution is -0.142. The molecule has 1 saturated carbocycles. The fraction of sp³-hybridized carbons (Fsp3) is 0.800. The summed E-state index contributed by atoms with van der Waals surface area (Å²) in [5.74, 6) is -0.780. The molecule has 0 heterocycles. The summed E-state index contributed by atoms with van der Waals surface area (Å²) >= 11 is 5.51. The van der Waals surface area contributed by atoms with Gasteiger partial charge in [0.2, 0.25) is 0 Å². The van der Waals surface area contributed by atoms with Gasteiger partial charge in [-0.3, -0.25) is 4.79 Å². The van der Waals surface area contributed by atoms with Crippen molar-refractivity contribution in [3.63, 3.8) is 0 Å². The first kappa shape index (κ1) is 5.89. The highest BCUT2D eigenvalue weighted by atomic mass is 35.5. The molecule has 0 bridgehead atoms. The Labute approximate surface area is 52.5 Å². The average Bonchev–Trinajstić information content (AvgIpc) is 2.17. The molecule has 2 atom stereocenters. The van der Waals surface area contributed by atoms with Crippen molar-refractivity contribution >= 4 is 17.6 Å². The van der Waals surface area contributed by atoms with E-state index >= 15 is 0 Å². The Morgan fingerprint density at radius 1 is 2.00 bits per heavy atom. The smallest absolute Gasteiger partial charge is 0.310 e. The van der Waals surface area contributed by atoms with Crippen molar-refractivity contribution in [2.75, 3.05) is 0 Å². The molecule has 8 heavy (non-hydrogen) atoms. The highest BCUT2D eigenvalue weighted by molar-refractivity contribution is 6.25. The van der Waals surface area contributed by atoms with Crippen molar-refractivity contribution in [2.45, 2.75) is 18.7 Å². The second-order valence-corrected chi connectivity index (χ2v) is 2.92. The molecular formula is C5H7ClO2. The fourth-order valence-corrected chi connectivity index (χ4v) is 0.949. The predicted octanol–water partition coefficient (Wildman–Crippen LogP) is 1.09. The van der Waals surface area contributed by atoms with E-state index in [1.165, 1.54) is 0 Å². The molecular weight excluding hydrogens is 128 g/mol. The van der Waals surface area contributed by atoms with Gasteiger partial charge in [-0.2, -0.15) is 0 Å². The van der Waals surface area contributed by atoms with Crippen LogP contribution in [0.5, 0.6) is 0 Å². The summed E-state index contributed by atoms with van der Waals surface area (Å²) in [7, 11) is 0. The van der Waals surface area contributed by atoms with Gasteiger partial charge < -0.3 is 5.11 Å². The molecule has 2 nitrogen and oxygen atoms in total. The molecule has 0 spiro atoms. The van der Waals surface area contributed by atoms with E-state index in [0.29, 0.717) is 6.42 Å². The third-order valence-corrected chi connectivity index (χ3v) is 2.26. The predicted molar refractivity (Wildman–Crippen MR) is 30.0 cm³/mol. The lowest BCUT2D eigenvalue weighted by Crippen LogP contribution is -2.12. The summed E-state index contributed by atoms with van der Waals surface area (Å²) in [6, 6.07) is 0. The molecule has 1 aliphatic rings. The largest absolute Gasteiger partial charge is 0.481 e. The first-order valence-corrected chi connectivity index (χ1v) is 2.88. The lowest BCUT2D eigenvalue weighted by atomic mass is 10.1. The number of carboxylic acid groups (broad SMARTS) is 1. The molecule has 3 heteroatoms. The fourth-order valence-electron chi connectivity index (χ4n) is 0.535. The Balaban J connectivity index is 2.60. The van der Waals surface area contributed by atoms with Gasteiger partial charge in [0.05, 0.1) is 10.8 Å². The van der Waals surface area contributed by atoms with Crippen molar-refractivity contribution in [1.82, 2.24) is 0 Å². The van der Waals surface area contributed by atoms with Gasteiger partial charge in [-0.1, -0.05) is 0 Å². The standard InChI is InChI=1S/C5H7ClO2/c1-5(4(7)8)2-3(5)6/h3H,2H2,1H3,(H,7,8)/t3-,5-/m1/s1. The number of aliphatic carboxylic acids is 1. The molecule has 1 fully saturated rings. The van der Waals surface area contributed by atoms with Crippen LogP contribution in [-0.4, -0.2) is 16.5 Å². The van der Waals surface area contributed by atoms with Gasteiger partial charge in [-0.15, -0.1) is 11.6 Å². The van der Waals surface area contributed by atoms with E-state index in [1.807, 2.05) is 0 Å². The van der Waals surface area contributed by atoms with Gasteiger partial charge >= 0.3 is 5.97 Å². The van der Waals surface area contributed by atoms with E-state index in [1.54, 1.807) is 6.92 Å². The number of hydrogen-bond acceptors (Lipinski definition) is 1. The quantitative estimate of drug-likeness (QED) is 0.545. The van der Waals surface area contributed by atoms with Crippen molar-refractivity contribution in [3.8, 4) is 0 Å². The zero-order valence-electron chi connectivity index (χ0n) is 4.52. The van der Waals surface area contributed by atoms with Crippen LogP contribution < -0.4 is 0 Å². The van der Waals surface area contributed by atoms with Crippen molar-refractivity contribution in [3.05, 3.63) is 0 Å². The molecule has 0 aromatic heterocycles. The Kier molecular flexibility index (Phi) is 1.01. The van der Waals surface area contributed by atoms with Gasteiger partial charge in [-0.05, 0) is 13.3 Å². The minimum absolute atomic E-state index is 0.139. The molecule has 0 aliphatic heterocycles.